The first-order valence-corrected chi connectivity index (χ1v) is 6.56. The molecule has 0 aliphatic carbocycles. The number of hydrazine groups is 1. The fourth-order valence-electron chi connectivity index (χ4n) is 2.57. The molecular weight excluding hydrogens is 228 g/mol. The Bertz CT molecular complexity index is 379. The quantitative estimate of drug-likeness (QED) is 0.591. The molecule has 1 aromatic rings. The van der Waals surface area contributed by atoms with E-state index >= 15 is 0 Å². The molecule has 0 bridgehead atoms. The lowest BCUT2D eigenvalue weighted by Gasteiger charge is -2.26. The zero-order chi connectivity index (χ0) is 13.0. The number of likely N-dealkylation sites (N-methyl/N-ethyl adjacent to an activating group) is 1. The van der Waals surface area contributed by atoms with Gasteiger partial charge in [-0.25, -0.2) is 10.8 Å². The van der Waals surface area contributed by atoms with Crippen molar-refractivity contribution in [2.75, 3.05) is 36.5 Å². The number of rotatable bonds is 5. The van der Waals surface area contributed by atoms with Crippen LogP contribution in [0.2, 0.25) is 0 Å². The Labute approximate surface area is 108 Å². The summed E-state index contributed by atoms with van der Waals surface area (Å²) in [5.74, 6) is 6.87. The number of nitrogens with zero attached hydrogens (tertiary/aromatic N) is 4. The van der Waals surface area contributed by atoms with E-state index in [1.54, 1.807) is 12.4 Å². The molecule has 2 rings (SSSR count). The SMILES string of the molecule is CCN(CC)C1CCN(c2cncc(NN)n2)C1. The maximum atomic E-state index is 5.36. The summed E-state index contributed by atoms with van der Waals surface area (Å²) in [5, 5.41) is 0. The highest BCUT2D eigenvalue weighted by Gasteiger charge is 2.27. The Morgan fingerprint density at radius 2 is 2.22 bits per heavy atom. The topological polar surface area (TPSA) is 70.3 Å². The highest BCUT2D eigenvalue weighted by atomic mass is 15.3. The molecule has 6 heteroatoms. The van der Waals surface area contributed by atoms with Gasteiger partial charge < -0.3 is 10.3 Å². The number of nitrogen functional groups attached to an aromatic ring is 1. The number of hydrogen-bond acceptors (Lipinski definition) is 6. The third-order valence-electron chi connectivity index (χ3n) is 3.59. The average Bonchev–Trinajstić information content (AvgIpc) is 2.90. The fourth-order valence-corrected chi connectivity index (χ4v) is 2.57. The average molecular weight is 250 g/mol. The van der Waals surface area contributed by atoms with Crippen LogP contribution in [0.25, 0.3) is 0 Å². The van der Waals surface area contributed by atoms with Crippen LogP contribution in [0, 0.1) is 0 Å². The van der Waals surface area contributed by atoms with Crippen molar-refractivity contribution in [3.8, 4) is 0 Å². The minimum absolute atomic E-state index is 0.610. The highest BCUT2D eigenvalue weighted by molar-refractivity contribution is 5.44. The number of hydrogen-bond donors (Lipinski definition) is 2. The van der Waals surface area contributed by atoms with Gasteiger partial charge in [-0.2, -0.15) is 0 Å². The molecular formula is C12H22N6. The first-order chi connectivity index (χ1) is 8.78. The second-order valence-corrected chi connectivity index (χ2v) is 4.52. The van der Waals surface area contributed by atoms with Crippen LogP contribution >= 0.6 is 0 Å². The molecule has 0 aromatic carbocycles. The second kappa shape index (κ2) is 5.97. The van der Waals surface area contributed by atoms with Crippen LogP contribution in [0.4, 0.5) is 11.6 Å². The molecule has 6 nitrogen and oxygen atoms in total. The summed E-state index contributed by atoms with van der Waals surface area (Å²) in [4.78, 5) is 13.4. The van der Waals surface area contributed by atoms with Crippen LogP contribution in [0.1, 0.15) is 20.3 Å². The van der Waals surface area contributed by atoms with Crippen molar-refractivity contribution in [1.82, 2.24) is 14.9 Å². The molecule has 1 fully saturated rings. The maximum absolute atomic E-state index is 5.36. The van der Waals surface area contributed by atoms with Crippen LogP contribution in [0.15, 0.2) is 12.4 Å². The van der Waals surface area contributed by atoms with E-state index in [0.29, 0.717) is 11.9 Å². The molecule has 1 aliphatic rings. The van der Waals surface area contributed by atoms with E-state index < -0.39 is 0 Å². The third-order valence-corrected chi connectivity index (χ3v) is 3.59. The van der Waals surface area contributed by atoms with Crippen molar-refractivity contribution in [2.24, 2.45) is 5.84 Å². The van der Waals surface area contributed by atoms with Gasteiger partial charge in [0.2, 0.25) is 0 Å². The van der Waals surface area contributed by atoms with Gasteiger partial charge >= 0.3 is 0 Å². The lowest BCUT2D eigenvalue weighted by molar-refractivity contribution is 0.232. The number of nitrogens with two attached hydrogens (primary N) is 1. The van der Waals surface area contributed by atoms with Crippen molar-refractivity contribution < 1.29 is 0 Å². The van der Waals surface area contributed by atoms with Crippen LogP contribution in [0.3, 0.4) is 0 Å². The molecule has 0 saturated carbocycles. The van der Waals surface area contributed by atoms with E-state index in [0.717, 1.165) is 32.0 Å². The van der Waals surface area contributed by atoms with E-state index in [9.17, 15) is 0 Å². The smallest absolute Gasteiger partial charge is 0.160 e. The molecule has 0 spiro atoms. The Hall–Kier alpha value is -1.40. The molecule has 0 radical (unpaired) electrons. The molecule has 1 unspecified atom stereocenters. The summed E-state index contributed by atoms with van der Waals surface area (Å²) in [5.41, 5.74) is 2.54. The van der Waals surface area contributed by atoms with E-state index in [-0.39, 0.29) is 0 Å². The van der Waals surface area contributed by atoms with E-state index in [1.165, 1.54) is 6.42 Å². The molecule has 0 amide bonds. The fraction of sp³-hybridized carbons (Fsp3) is 0.667. The molecule has 1 aliphatic heterocycles. The molecule has 1 aromatic heterocycles. The number of anilines is 2. The van der Waals surface area contributed by atoms with Gasteiger partial charge in [0.25, 0.3) is 0 Å². The second-order valence-electron chi connectivity index (χ2n) is 4.52. The molecule has 3 N–H and O–H groups in total. The Morgan fingerprint density at radius 1 is 1.44 bits per heavy atom. The van der Waals surface area contributed by atoms with Crippen LogP contribution in [-0.2, 0) is 0 Å². The molecule has 2 heterocycles. The van der Waals surface area contributed by atoms with Gasteiger partial charge in [-0.3, -0.25) is 9.88 Å². The van der Waals surface area contributed by atoms with Gasteiger partial charge in [-0.15, -0.1) is 0 Å². The zero-order valence-electron chi connectivity index (χ0n) is 11.1. The van der Waals surface area contributed by atoms with E-state index in [4.69, 9.17) is 5.84 Å². The van der Waals surface area contributed by atoms with Gasteiger partial charge in [0.15, 0.2) is 5.82 Å². The van der Waals surface area contributed by atoms with E-state index in [1.807, 2.05) is 0 Å². The largest absolute Gasteiger partial charge is 0.354 e. The Balaban J connectivity index is 2.03. The summed E-state index contributed by atoms with van der Waals surface area (Å²) in [7, 11) is 0. The normalized spacial score (nSPS) is 19.6. The van der Waals surface area contributed by atoms with Crippen molar-refractivity contribution in [2.45, 2.75) is 26.3 Å². The van der Waals surface area contributed by atoms with Crippen molar-refractivity contribution in [3.05, 3.63) is 12.4 Å². The molecule has 1 atom stereocenters. The van der Waals surface area contributed by atoms with Crippen LogP contribution in [0.5, 0.6) is 0 Å². The highest BCUT2D eigenvalue weighted by Crippen LogP contribution is 2.21. The minimum Gasteiger partial charge on any atom is -0.354 e. The minimum atomic E-state index is 0.610. The summed E-state index contributed by atoms with van der Waals surface area (Å²) in [6, 6.07) is 0.622. The third kappa shape index (κ3) is 2.70. The number of nitrogens with one attached hydrogen (secondary N) is 1. The monoisotopic (exact) mass is 250 g/mol. The lowest BCUT2D eigenvalue weighted by Crippen LogP contribution is -2.37. The first kappa shape index (κ1) is 13.0. The summed E-state index contributed by atoms with van der Waals surface area (Å²) < 4.78 is 0. The lowest BCUT2D eigenvalue weighted by atomic mass is 10.2. The summed E-state index contributed by atoms with van der Waals surface area (Å²) in [6.07, 6.45) is 4.61. The van der Waals surface area contributed by atoms with Gasteiger partial charge in [0.1, 0.15) is 5.82 Å². The van der Waals surface area contributed by atoms with E-state index in [2.05, 4.69) is 39.0 Å². The summed E-state index contributed by atoms with van der Waals surface area (Å²) >= 11 is 0. The van der Waals surface area contributed by atoms with Crippen LogP contribution < -0.4 is 16.2 Å². The maximum Gasteiger partial charge on any atom is 0.160 e. The standard InChI is InChI=1S/C12H22N6/c1-3-17(4-2)10-5-6-18(9-10)12-8-14-7-11(15-12)16-13/h7-8,10H,3-6,9,13H2,1-2H3,(H,15,16). The van der Waals surface area contributed by atoms with Crippen molar-refractivity contribution >= 4 is 11.6 Å². The predicted molar refractivity (Wildman–Crippen MR) is 73.4 cm³/mol. The van der Waals surface area contributed by atoms with Gasteiger partial charge in [-0.1, -0.05) is 13.8 Å². The Morgan fingerprint density at radius 3 is 2.89 bits per heavy atom. The van der Waals surface area contributed by atoms with Gasteiger partial charge in [0.05, 0.1) is 12.4 Å². The van der Waals surface area contributed by atoms with Crippen molar-refractivity contribution in [3.63, 3.8) is 0 Å². The summed E-state index contributed by atoms with van der Waals surface area (Å²) in [6.45, 7) is 8.68. The molecule has 18 heavy (non-hydrogen) atoms. The predicted octanol–water partition coefficient (Wildman–Crippen LogP) is 0.683. The van der Waals surface area contributed by atoms with Gasteiger partial charge in [-0.05, 0) is 19.5 Å². The van der Waals surface area contributed by atoms with Crippen LogP contribution in [-0.4, -0.2) is 47.1 Å². The zero-order valence-corrected chi connectivity index (χ0v) is 11.1. The Kier molecular flexibility index (Phi) is 4.33. The number of aromatic nitrogens is 2. The molecule has 100 valence electrons. The first-order valence-electron chi connectivity index (χ1n) is 6.56. The molecule has 1 saturated heterocycles. The van der Waals surface area contributed by atoms with Gasteiger partial charge in [0, 0.05) is 19.1 Å². The van der Waals surface area contributed by atoms with Crippen molar-refractivity contribution in [1.29, 1.82) is 0 Å².